The van der Waals surface area contributed by atoms with Crippen molar-refractivity contribution in [3.8, 4) is 0 Å². The lowest BCUT2D eigenvalue weighted by molar-refractivity contribution is 0.0957. The van der Waals surface area contributed by atoms with Crippen LogP contribution in [0.15, 0.2) is 36.4 Å². The van der Waals surface area contributed by atoms with E-state index in [0.717, 1.165) is 6.54 Å². The van der Waals surface area contributed by atoms with Crippen LogP contribution in [0.25, 0.3) is 0 Å². The maximum Gasteiger partial charge on any atom is 0.271 e. The van der Waals surface area contributed by atoms with E-state index in [1.54, 1.807) is 19.2 Å². The molecule has 0 atom stereocenters. The molecule has 120 valence electrons. The van der Waals surface area contributed by atoms with Crippen molar-refractivity contribution >= 4 is 11.7 Å². The van der Waals surface area contributed by atoms with Crippen molar-refractivity contribution < 1.29 is 4.79 Å². The number of carbonyl (C=O) groups excluding carboxylic acids is 1. The fourth-order valence-electron chi connectivity index (χ4n) is 3.08. The topological polar surface area (TPSA) is 66.9 Å². The first kappa shape index (κ1) is 15.5. The SMILES string of the molecule is CNC(=O)c1ccc(NCC2(c3cccc(C)c3)CCC2)nn1. The molecule has 5 nitrogen and oxygen atoms in total. The third-order valence-corrected chi connectivity index (χ3v) is 4.67. The fourth-order valence-corrected chi connectivity index (χ4v) is 3.08. The molecule has 0 radical (unpaired) electrons. The lowest BCUT2D eigenvalue weighted by Gasteiger charge is -2.43. The van der Waals surface area contributed by atoms with Crippen LogP contribution in [0, 0.1) is 6.92 Å². The highest BCUT2D eigenvalue weighted by atomic mass is 16.1. The van der Waals surface area contributed by atoms with Crippen molar-refractivity contribution in [3.63, 3.8) is 0 Å². The Hall–Kier alpha value is -2.43. The van der Waals surface area contributed by atoms with E-state index in [4.69, 9.17) is 0 Å². The molecule has 5 heteroatoms. The normalized spacial score (nSPS) is 15.6. The van der Waals surface area contributed by atoms with Gasteiger partial charge in [-0.1, -0.05) is 36.2 Å². The van der Waals surface area contributed by atoms with E-state index in [9.17, 15) is 4.79 Å². The first-order valence-electron chi connectivity index (χ1n) is 8.00. The van der Waals surface area contributed by atoms with Crippen molar-refractivity contribution in [2.75, 3.05) is 18.9 Å². The Kier molecular flexibility index (Phi) is 4.28. The van der Waals surface area contributed by atoms with E-state index in [-0.39, 0.29) is 11.3 Å². The van der Waals surface area contributed by atoms with Gasteiger partial charge in [-0.2, -0.15) is 0 Å². The molecule has 2 aromatic rings. The predicted molar refractivity (Wildman–Crippen MR) is 90.6 cm³/mol. The fraction of sp³-hybridized carbons (Fsp3) is 0.389. The monoisotopic (exact) mass is 310 g/mol. The van der Waals surface area contributed by atoms with E-state index < -0.39 is 0 Å². The van der Waals surface area contributed by atoms with E-state index in [0.29, 0.717) is 11.5 Å². The van der Waals surface area contributed by atoms with Crippen LogP contribution in [0.3, 0.4) is 0 Å². The molecule has 0 saturated heterocycles. The van der Waals surface area contributed by atoms with Gasteiger partial charge in [-0.15, -0.1) is 10.2 Å². The second-order valence-corrected chi connectivity index (χ2v) is 6.24. The molecular weight excluding hydrogens is 288 g/mol. The van der Waals surface area contributed by atoms with E-state index in [1.807, 2.05) is 0 Å². The molecule has 1 amide bonds. The number of benzene rings is 1. The van der Waals surface area contributed by atoms with Crippen molar-refractivity contribution in [2.45, 2.75) is 31.6 Å². The van der Waals surface area contributed by atoms with Crippen LogP contribution in [-0.4, -0.2) is 29.7 Å². The van der Waals surface area contributed by atoms with Gasteiger partial charge < -0.3 is 10.6 Å². The molecule has 1 fully saturated rings. The van der Waals surface area contributed by atoms with Gasteiger partial charge in [0.2, 0.25) is 0 Å². The number of hydrogen-bond donors (Lipinski definition) is 2. The van der Waals surface area contributed by atoms with Gasteiger partial charge >= 0.3 is 0 Å². The first-order chi connectivity index (χ1) is 11.1. The highest BCUT2D eigenvalue weighted by Gasteiger charge is 2.38. The molecule has 0 spiro atoms. The Morgan fingerprint density at radius 1 is 1.22 bits per heavy atom. The molecular formula is C18H22N4O. The summed E-state index contributed by atoms with van der Waals surface area (Å²) in [5.41, 5.74) is 3.21. The summed E-state index contributed by atoms with van der Waals surface area (Å²) in [6, 6.07) is 12.2. The van der Waals surface area contributed by atoms with Crippen LogP contribution in [-0.2, 0) is 5.41 Å². The minimum absolute atomic E-state index is 0.188. The molecule has 2 N–H and O–H groups in total. The molecule has 1 aromatic carbocycles. The van der Waals surface area contributed by atoms with E-state index in [2.05, 4.69) is 52.0 Å². The van der Waals surface area contributed by atoms with E-state index >= 15 is 0 Å². The molecule has 1 aromatic heterocycles. The zero-order valence-corrected chi connectivity index (χ0v) is 13.6. The van der Waals surface area contributed by atoms with Gasteiger partial charge in [0.25, 0.3) is 5.91 Å². The van der Waals surface area contributed by atoms with Crippen LogP contribution in [0.2, 0.25) is 0 Å². The standard InChI is InChI=1S/C18H22N4O/c1-13-5-3-6-14(11-13)18(9-4-10-18)12-20-16-8-7-15(21-22-16)17(23)19-2/h3,5-8,11H,4,9-10,12H2,1-2H3,(H,19,23)(H,20,22). The van der Waals surface area contributed by atoms with Gasteiger partial charge in [0.15, 0.2) is 5.69 Å². The van der Waals surface area contributed by atoms with Crippen molar-refractivity contribution in [3.05, 3.63) is 53.2 Å². The number of anilines is 1. The highest BCUT2D eigenvalue weighted by Crippen LogP contribution is 2.43. The summed E-state index contributed by atoms with van der Waals surface area (Å²) in [6.45, 7) is 2.97. The lowest BCUT2D eigenvalue weighted by Crippen LogP contribution is -2.41. The van der Waals surface area contributed by atoms with Gasteiger partial charge in [-0.3, -0.25) is 4.79 Å². The van der Waals surface area contributed by atoms with Crippen LogP contribution in [0.4, 0.5) is 5.82 Å². The Labute approximate surface area is 136 Å². The minimum Gasteiger partial charge on any atom is -0.368 e. The largest absolute Gasteiger partial charge is 0.368 e. The zero-order valence-electron chi connectivity index (χ0n) is 13.6. The van der Waals surface area contributed by atoms with Crippen molar-refractivity contribution in [1.82, 2.24) is 15.5 Å². The van der Waals surface area contributed by atoms with Crippen molar-refractivity contribution in [1.29, 1.82) is 0 Å². The predicted octanol–water partition coefficient (Wildman–Crippen LogP) is 2.68. The molecule has 1 heterocycles. The van der Waals surface area contributed by atoms with Gasteiger partial charge in [0.05, 0.1) is 0 Å². The summed E-state index contributed by atoms with van der Waals surface area (Å²) < 4.78 is 0. The number of hydrogen-bond acceptors (Lipinski definition) is 4. The number of carbonyl (C=O) groups is 1. The quantitative estimate of drug-likeness (QED) is 0.891. The summed E-state index contributed by atoms with van der Waals surface area (Å²) >= 11 is 0. The Morgan fingerprint density at radius 2 is 2.04 bits per heavy atom. The van der Waals surface area contributed by atoms with Gasteiger partial charge in [-0.05, 0) is 37.5 Å². The van der Waals surface area contributed by atoms with E-state index in [1.165, 1.54) is 30.4 Å². The molecule has 0 aliphatic heterocycles. The Bertz CT molecular complexity index is 692. The molecule has 1 aliphatic carbocycles. The van der Waals surface area contributed by atoms with Crippen LogP contribution < -0.4 is 10.6 Å². The molecule has 1 aliphatic rings. The lowest BCUT2D eigenvalue weighted by atomic mass is 9.64. The number of aryl methyl sites for hydroxylation is 1. The second kappa shape index (κ2) is 6.36. The first-order valence-corrected chi connectivity index (χ1v) is 8.00. The average molecular weight is 310 g/mol. The van der Waals surface area contributed by atoms with Gasteiger partial charge in [0.1, 0.15) is 5.82 Å². The highest BCUT2D eigenvalue weighted by molar-refractivity contribution is 5.91. The molecule has 23 heavy (non-hydrogen) atoms. The number of aromatic nitrogens is 2. The molecule has 3 rings (SSSR count). The third kappa shape index (κ3) is 3.18. The Morgan fingerprint density at radius 3 is 2.61 bits per heavy atom. The van der Waals surface area contributed by atoms with Crippen molar-refractivity contribution in [2.24, 2.45) is 0 Å². The third-order valence-electron chi connectivity index (χ3n) is 4.67. The average Bonchev–Trinajstić information content (AvgIpc) is 2.54. The maximum absolute atomic E-state index is 11.5. The number of rotatable bonds is 5. The maximum atomic E-state index is 11.5. The summed E-state index contributed by atoms with van der Waals surface area (Å²) in [6.07, 6.45) is 3.64. The Balaban J connectivity index is 1.70. The zero-order chi connectivity index (χ0) is 16.3. The minimum atomic E-state index is -0.223. The number of nitrogens with one attached hydrogen (secondary N) is 2. The molecule has 0 unspecified atom stereocenters. The van der Waals surface area contributed by atoms with Gasteiger partial charge in [0, 0.05) is 19.0 Å². The van der Waals surface area contributed by atoms with Crippen LogP contribution >= 0.6 is 0 Å². The summed E-state index contributed by atoms with van der Waals surface area (Å²) in [4.78, 5) is 11.5. The number of nitrogens with zero attached hydrogens (tertiary/aromatic N) is 2. The van der Waals surface area contributed by atoms with Crippen LogP contribution in [0.5, 0.6) is 0 Å². The summed E-state index contributed by atoms with van der Waals surface area (Å²) in [5, 5.41) is 14.0. The molecule has 1 saturated carbocycles. The molecule has 0 bridgehead atoms. The second-order valence-electron chi connectivity index (χ2n) is 6.24. The van der Waals surface area contributed by atoms with Gasteiger partial charge in [-0.25, -0.2) is 0 Å². The van der Waals surface area contributed by atoms with Crippen LogP contribution in [0.1, 0.15) is 40.9 Å². The summed E-state index contributed by atoms with van der Waals surface area (Å²) in [5.74, 6) is 0.482. The summed E-state index contributed by atoms with van der Waals surface area (Å²) in [7, 11) is 1.58. The number of amides is 1. The smallest absolute Gasteiger partial charge is 0.271 e.